The molecular formula is C3H9N3O2. The zero-order chi connectivity index (χ0) is 6.41. The fourth-order valence-electron chi connectivity index (χ4n) is 0.243. The van der Waals surface area contributed by atoms with Crippen molar-refractivity contribution in [2.45, 2.75) is 0 Å². The van der Waals surface area contributed by atoms with E-state index in [4.69, 9.17) is 5.84 Å². The van der Waals surface area contributed by atoms with Gasteiger partial charge in [-0.05, 0) is 0 Å². The zero-order valence-electron chi connectivity index (χ0n) is 4.60. The third-order valence-electron chi connectivity index (χ3n) is 0.479. The van der Waals surface area contributed by atoms with Crippen molar-refractivity contribution in [2.75, 3.05) is 13.7 Å². The van der Waals surface area contributed by atoms with Crippen LogP contribution in [0.5, 0.6) is 0 Å². The highest BCUT2D eigenvalue weighted by Gasteiger charge is 1.93. The molecule has 0 unspecified atom stereocenters. The molecular weight excluding hydrogens is 110 g/mol. The second-order valence-electron chi connectivity index (χ2n) is 1.11. The highest BCUT2D eigenvalue weighted by molar-refractivity contribution is 5.76. The highest BCUT2D eigenvalue weighted by Crippen LogP contribution is 1.57. The summed E-state index contributed by atoms with van der Waals surface area (Å²) in [5, 5.41) is 0. The van der Waals surface area contributed by atoms with Gasteiger partial charge in [-0.2, -0.15) is 0 Å². The molecule has 0 saturated heterocycles. The van der Waals surface area contributed by atoms with Crippen molar-refractivity contribution in [3.63, 3.8) is 0 Å². The van der Waals surface area contributed by atoms with E-state index in [-0.39, 0.29) is 12.5 Å². The molecule has 0 heterocycles. The van der Waals surface area contributed by atoms with Gasteiger partial charge in [-0.1, -0.05) is 0 Å². The number of nitrogens with one attached hydrogen (secondary N) is 2. The smallest absolute Gasteiger partial charge is 0.258 e. The summed E-state index contributed by atoms with van der Waals surface area (Å²) in [6, 6.07) is 0. The number of hydrogen-bond acceptors (Lipinski definition) is 4. The van der Waals surface area contributed by atoms with Crippen LogP contribution in [0, 0.1) is 0 Å². The van der Waals surface area contributed by atoms with E-state index in [0.29, 0.717) is 0 Å². The molecule has 0 saturated carbocycles. The van der Waals surface area contributed by atoms with E-state index in [9.17, 15) is 4.79 Å². The minimum Gasteiger partial charge on any atom is -0.277 e. The summed E-state index contributed by atoms with van der Waals surface area (Å²) in [6.45, 7) is 0.0633. The monoisotopic (exact) mass is 119 g/mol. The van der Waals surface area contributed by atoms with Gasteiger partial charge in [0, 0.05) is 0 Å². The van der Waals surface area contributed by atoms with Gasteiger partial charge in [0.05, 0.1) is 13.7 Å². The van der Waals surface area contributed by atoms with E-state index in [0.717, 1.165) is 0 Å². The lowest BCUT2D eigenvalue weighted by Crippen LogP contribution is -2.36. The van der Waals surface area contributed by atoms with Gasteiger partial charge in [-0.15, -0.1) is 0 Å². The van der Waals surface area contributed by atoms with E-state index in [1.54, 1.807) is 0 Å². The van der Waals surface area contributed by atoms with Crippen LogP contribution in [0.2, 0.25) is 0 Å². The van der Waals surface area contributed by atoms with Crippen LogP contribution in [-0.4, -0.2) is 19.6 Å². The number of rotatable bonds is 3. The van der Waals surface area contributed by atoms with Gasteiger partial charge >= 0.3 is 0 Å². The number of hydrazine groups is 1. The average molecular weight is 119 g/mol. The molecule has 0 atom stereocenters. The van der Waals surface area contributed by atoms with Crippen molar-refractivity contribution in [1.29, 1.82) is 0 Å². The second kappa shape index (κ2) is 4.51. The Balaban J connectivity index is 3.06. The molecule has 0 aliphatic heterocycles. The predicted octanol–water partition coefficient (Wildman–Crippen LogP) is -1.87. The Hall–Kier alpha value is -0.650. The number of amides is 1. The van der Waals surface area contributed by atoms with Crippen molar-refractivity contribution >= 4 is 5.91 Å². The first kappa shape index (κ1) is 7.35. The second-order valence-corrected chi connectivity index (χ2v) is 1.11. The maximum Gasteiger partial charge on any atom is 0.258 e. The van der Waals surface area contributed by atoms with Gasteiger partial charge in [-0.3, -0.25) is 20.9 Å². The molecule has 0 aliphatic rings. The van der Waals surface area contributed by atoms with Gasteiger partial charge in [0.25, 0.3) is 5.91 Å². The Kier molecular flexibility index (Phi) is 4.14. The minimum atomic E-state index is -0.296. The first-order valence-corrected chi connectivity index (χ1v) is 2.06. The van der Waals surface area contributed by atoms with Gasteiger partial charge < -0.3 is 0 Å². The lowest BCUT2D eigenvalue weighted by atomic mass is 10.6. The number of hydroxylamine groups is 1. The lowest BCUT2D eigenvalue weighted by molar-refractivity contribution is -0.130. The van der Waals surface area contributed by atoms with Crippen LogP contribution in [-0.2, 0) is 9.63 Å². The fraction of sp³-hybridized carbons (Fsp3) is 0.667. The summed E-state index contributed by atoms with van der Waals surface area (Å²) in [5.41, 5.74) is 4.23. The van der Waals surface area contributed by atoms with Crippen molar-refractivity contribution < 1.29 is 9.63 Å². The zero-order valence-corrected chi connectivity index (χ0v) is 4.60. The largest absolute Gasteiger partial charge is 0.277 e. The van der Waals surface area contributed by atoms with Crippen LogP contribution in [0.25, 0.3) is 0 Å². The Morgan fingerprint density at radius 2 is 2.50 bits per heavy atom. The van der Waals surface area contributed by atoms with E-state index in [1.807, 2.05) is 0 Å². The molecule has 1 amide bonds. The van der Waals surface area contributed by atoms with Crippen LogP contribution in [0.15, 0.2) is 0 Å². The number of nitrogens with two attached hydrogens (primary N) is 1. The summed E-state index contributed by atoms with van der Waals surface area (Å²) in [5.74, 6) is 4.50. The third-order valence-corrected chi connectivity index (χ3v) is 0.479. The molecule has 8 heavy (non-hydrogen) atoms. The fourth-order valence-corrected chi connectivity index (χ4v) is 0.243. The van der Waals surface area contributed by atoms with Crippen LogP contribution in [0.4, 0.5) is 0 Å². The third kappa shape index (κ3) is 3.54. The molecule has 5 heteroatoms. The minimum absolute atomic E-state index is 0.0633. The maximum atomic E-state index is 10.3. The molecule has 0 rings (SSSR count). The first-order valence-electron chi connectivity index (χ1n) is 2.06. The molecule has 4 N–H and O–H groups in total. The van der Waals surface area contributed by atoms with E-state index in [1.165, 1.54) is 7.11 Å². The SMILES string of the molecule is CONC(=O)CNN. The topological polar surface area (TPSA) is 76.4 Å². The Labute approximate surface area is 47.1 Å². The van der Waals surface area contributed by atoms with Crippen molar-refractivity contribution in [3.05, 3.63) is 0 Å². The summed E-state index contributed by atoms with van der Waals surface area (Å²) < 4.78 is 0. The average Bonchev–Trinajstić information content (AvgIpc) is 1.68. The van der Waals surface area contributed by atoms with E-state index in [2.05, 4.69) is 15.7 Å². The van der Waals surface area contributed by atoms with Crippen molar-refractivity contribution in [1.82, 2.24) is 10.9 Å². The van der Waals surface area contributed by atoms with Gasteiger partial charge in [0.1, 0.15) is 0 Å². The molecule has 0 aliphatic carbocycles. The summed E-state index contributed by atoms with van der Waals surface area (Å²) >= 11 is 0. The van der Waals surface area contributed by atoms with Crippen molar-refractivity contribution in [2.24, 2.45) is 5.84 Å². The highest BCUT2D eigenvalue weighted by atomic mass is 16.6. The molecule has 0 spiro atoms. The normalized spacial score (nSPS) is 8.75. The number of carbonyl (C=O) groups excluding carboxylic acids is 1. The Bertz CT molecular complexity index is 66.9. The Morgan fingerprint density at radius 1 is 1.88 bits per heavy atom. The molecule has 5 nitrogen and oxygen atoms in total. The van der Waals surface area contributed by atoms with Crippen LogP contribution in [0.1, 0.15) is 0 Å². The molecule has 48 valence electrons. The van der Waals surface area contributed by atoms with E-state index < -0.39 is 0 Å². The number of hydrogen-bond donors (Lipinski definition) is 3. The summed E-state index contributed by atoms with van der Waals surface area (Å²) in [4.78, 5) is 14.5. The molecule has 0 radical (unpaired) electrons. The molecule has 0 aromatic rings. The first-order chi connectivity index (χ1) is 3.81. The summed E-state index contributed by atoms with van der Waals surface area (Å²) in [6.07, 6.45) is 0. The van der Waals surface area contributed by atoms with Crippen LogP contribution >= 0.6 is 0 Å². The standard InChI is InChI=1S/C3H9N3O2/c1-8-6-3(7)2-5-4/h5H,2,4H2,1H3,(H,6,7). The maximum absolute atomic E-state index is 10.3. The van der Waals surface area contributed by atoms with Crippen LogP contribution < -0.4 is 16.7 Å². The van der Waals surface area contributed by atoms with Gasteiger partial charge in [0.2, 0.25) is 0 Å². The lowest BCUT2D eigenvalue weighted by Gasteiger charge is -1.97. The molecule has 0 fully saturated rings. The van der Waals surface area contributed by atoms with Crippen molar-refractivity contribution in [3.8, 4) is 0 Å². The molecule has 0 aromatic carbocycles. The molecule has 0 aromatic heterocycles. The predicted molar refractivity (Wildman–Crippen MR) is 27.3 cm³/mol. The quantitative estimate of drug-likeness (QED) is 0.300. The van der Waals surface area contributed by atoms with Gasteiger partial charge in [-0.25, -0.2) is 5.48 Å². The Morgan fingerprint density at radius 3 is 2.88 bits per heavy atom. The van der Waals surface area contributed by atoms with Crippen LogP contribution in [0.3, 0.4) is 0 Å². The van der Waals surface area contributed by atoms with E-state index >= 15 is 0 Å². The van der Waals surface area contributed by atoms with Gasteiger partial charge in [0.15, 0.2) is 0 Å². The molecule has 0 bridgehead atoms. The number of carbonyl (C=O) groups is 1. The summed E-state index contributed by atoms with van der Waals surface area (Å²) in [7, 11) is 1.36.